The highest BCUT2D eigenvalue weighted by molar-refractivity contribution is 7.07. The van der Waals surface area contributed by atoms with Gasteiger partial charge in [0.05, 0.1) is 17.8 Å². The topological polar surface area (TPSA) is 127 Å². The fourth-order valence-corrected chi connectivity index (χ4v) is 4.72. The third-order valence-electron chi connectivity index (χ3n) is 5.80. The molecule has 0 aliphatic heterocycles. The van der Waals surface area contributed by atoms with E-state index < -0.39 is 30.1 Å². The largest absolute Gasteiger partial charge is 0.480 e. The van der Waals surface area contributed by atoms with E-state index in [2.05, 4.69) is 15.6 Å². The van der Waals surface area contributed by atoms with Gasteiger partial charge in [-0.1, -0.05) is 48.5 Å². The van der Waals surface area contributed by atoms with Crippen LogP contribution in [0.5, 0.6) is 0 Å². The molecule has 1 aliphatic rings. The highest BCUT2D eigenvalue weighted by atomic mass is 32.1. The molecule has 0 bridgehead atoms. The Kier molecular flexibility index (Phi) is 7.74. The number of benzene rings is 2. The van der Waals surface area contributed by atoms with E-state index in [4.69, 9.17) is 9.47 Å². The number of hydrogen-bond acceptors (Lipinski definition) is 7. The number of rotatable bonds is 10. The van der Waals surface area contributed by atoms with Gasteiger partial charge in [-0.3, -0.25) is 4.79 Å². The van der Waals surface area contributed by atoms with Gasteiger partial charge < -0.3 is 25.2 Å². The van der Waals surface area contributed by atoms with Crippen LogP contribution in [0.3, 0.4) is 0 Å². The number of amides is 2. The zero-order chi connectivity index (χ0) is 24.8. The minimum absolute atomic E-state index is 0.0230. The summed E-state index contributed by atoms with van der Waals surface area (Å²) in [5.41, 5.74) is 6.48. The number of fused-ring (bicyclic) bond motifs is 3. The van der Waals surface area contributed by atoms with Gasteiger partial charge in [-0.05, 0) is 22.3 Å². The lowest BCUT2D eigenvalue weighted by atomic mass is 9.98. The molecule has 0 spiro atoms. The second-order valence-electron chi connectivity index (χ2n) is 8.06. The first kappa shape index (κ1) is 24.4. The molecule has 2 atom stereocenters. The zero-order valence-corrected chi connectivity index (χ0v) is 19.8. The number of nitrogens with zero attached hydrogens (tertiary/aromatic N) is 1. The number of aromatic nitrogens is 1. The van der Waals surface area contributed by atoms with Gasteiger partial charge in [-0.25, -0.2) is 14.6 Å². The third-order valence-corrected chi connectivity index (χ3v) is 6.43. The van der Waals surface area contributed by atoms with Gasteiger partial charge in [-0.15, -0.1) is 11.3 Å². The van der Waals surface area contributed by atoms with Crippen molar-refractivity contribution >= 4 is 29.3 Å². The van der Waals surface area contributed by atoms with Crippen LogP contribution in [0, 0.1) is 0 Å². The number of alkyl carbamates (subject to hydrolysis) is 1. The van der Waals surface area contributed by atoms with Crippen molar-refractivity contribution in [3.8, 4) is 11.1 Å². The number of methoxy groups -OCH3 is 1. The van der Waals surface area contributed by atoms with Gasteiger partial charge in [0.1, 0.15) is 18.7 Å². The second kappa shape index (κ2) is 11.1. The predicted molar refractivity (Wildman–Crippen MR) is 129 cm³/mol. The summed E-state index contributed by atoms with van der Waals surface area (Å²) in [6.07, 6.45) is -0.773. The summed E-state index contributed by atoms with van der Waals surface area (Å²) in [6.45, 7) is -0.0676. The maximum Gasteiger partial charge on any atom is 0.407 e. The number of carbonyl (C=O) groups is 3. The molecule has 4 rings (SSSR count). The summed E-state index contributed by atoms with van der Waals surface area (Å²) in [6, 6.07) is 13.6. The van der Waals surface area contributed by atoms with Crippen LogP contribution >= 0.6 is 11.3 Å². The number of carbonyl (C=O) groups excluding carboxylic acids is 2. The lowest BCUT2D eigenvalue weighted by Gasteiger charge is -2.21. The van der Waals surface area contributed by atoms with Crippen LogP contribution in [0.4, 0.5) is 4.79 Å². The normalized spacial score (nSPS) is 13.9. The van der Waals surface area contributed by atoms with Crippen LogP contribution in [-0.4, -0.2) is 60.5 Å². The van der Waals surface area contributed by atoms with Gasteiger partial charge in [0.15, 0.2) is 0 Å². The van der Waals surface area contributed by atoms with E-state index in [9.17, 15) is 19.5 Å². The Labute approximate surface area is 206 Å². The summed E-state index contributed by atoms with van der Waals surface area (Å²) >= 11 is 1.33. The van der Waals surface area contributed by atoms with Crippen molar-refractivity contribution in [2.45, 2.75) is 24.4 Å². The molecule has 9 nitrogen and oxygen atoms in total. The number of carboxylic acid groups (broad SMARTS) is 1. The Balaban J connectivity index is 1.38. The lowest BCUT2D eigenvalue weighted by Crippen LogP contribution is -2.54. The SMILES string of the molecule is COC[C@H](NC(=O)OCC1c2ccccc2-c2ccccc21)C(=O)NC(Cc1cscn1)C(=O)O. The number of carboxylic acids is 1. The van der Waals surface area contributed by atoms with Crippen molar-refractivity contribution in [2.24, 2.45) is 0 Å². The molecule has 0 saturated heterocycles. The molecule has 3 N–H and O–H groups in total. The van der Waals surface area contributed by atoms with Crippen LogP contribution in [-0.2, 0) is 25.5 Å². The maximum absolute atomic E-state index is 12.8. The van der Waals surface area contributed by atoms with Crippen molar-refractivity contribution in [2.75, 3.05) is 20.3 Å². The van der Waals surface area contributed by atoms with Gasteiger partial charge in [-0.2, -0.15) is 0 Å². The number of nitrogens with one attached hydrogen (secondary N) is 2. The van der Waals surface area contributed by atoms with Gasteiger partial charge in [0.2, 0.25) is 5.91 Å². The molecule has 1 heterocycles. The van der Waals surface area contributed by atoms with Crippen molar-refractivity contribution in [3.63, 3.8) is 0 Å². The Morgan fingerprint density at radius 1 is 1.03 bits per heavy atom. The quantitative estimate of drug-likeness (QED) is 0.395. The van der Waals surface area contributed by atoms with Gasteiger partial charge >= 0.3 is 12.1 Å². The fourth-order valence-electron chi connectivity index (χ4n) is 4.15. The predicted octanol–water partition coefficient (Wildman–Crippen LogP) is 2.81. The van der Waals surface area contributed by atoms with E-state index in [-0.39, 0.29) is 25.6 Å². The van der Waals surface area contributed by atoms with E-state index in [1.165, 1.54) is 18.4 Å². The van der Waals surface area contributed by atoms with Crippen LogP contribution in [0.1, 0.15) is 22.7 Å². The summed E-state index contributed by atoms with van der Waals surface area (Å²) in [5, 5.41) is 16.1. The van der Waals surface area contributed by atoms with E-state index in [0.717, 1.165) is 22.3 Å². The number of hydrogen-bond donors (Lipinski definition) is 3. The molecule has 182 valence electrons. The van der Waals surface area contributed by atoms with Crippen LogP contribution in [0.25, 0.3) is 11.1 Å². The van der Waals surface area contributed by atoms with Gasteiger partial charge in [0, 0.05) is 24.8 Å². The molecule has 1 aliphatic carbocycles. The monoisotopic (exact) mass is 495 g/mol. The van der Waals surface area contributed by atoms with Crippen LogP contribution in [0.15, 0.2) is 59.4 Å². The molecule has 2 aromatic carbocycles. The summed E-state index contributed by atoms with van der Waals surface area (Å²) in [4.78, 5) is 41.0. The molecular weight excluding hydrogens is 470 g/mol. The first-order chi connectivity index (χ1) is 17.0. The van der Waals surface area contributed by atoms with Crippen LogP contribution < -0.4 is 10.6 Å². The van der Waals surface area contributed by atoms with E-state index in [1.807, 2.05) is 48.5 Å². The number of aliphatic carboxylic acids is 1. The molecule has 0 fully saturated rings. The first-order valence-corrected chi connectivity index (χ1v) is 11.9. The van der Waals surface area contributed by atoms with E-state index in [0.29, 0.717) is 5.69 Å². The summed E-state index contributed by atoms with van der Waals surface area (Å²) < 4.78 is 10.5. The molecule has 0 radical (unpaired) electrons. The highest BCUT2D eigenvalue weighted by Gasteiger charge is 2.31. The Hall–Kier alpha value is -3.76. The molecule has 35 heavy (non-hydrogen) atoms. The van der Waals surface area contributed by atoms with Crippen molar-refractivity contribution in [3.05, 3.63) is 76.2 Å². The maximum atomic E-state index is 12.8. The summed E-state index contributed by atoms with van der Waals surface area (Å²) in [7, 11) is 1.38. The van der Waals surface area contributed by atoms with Gasteiger partial charge in [0.25, 0.3) is 0 Å². The van der Waals surface area contributed by atoms with Crippen molar-refractivity contribution in [1.82, 2.24) is 15.6 Å². The minimum Gasteiger partial charge on any atom is -0.480 e. The molecule has 2 amide bonds. The Bertz CT molecular complexity index is 1150. The molecular formula is C25H25N3O6S. The molecule has 0 saturated carbocycles. The number of ether oxygens (including phenoxy) is 2. The standard InChI is InChI=1S/C25H25N3O6S/c1-33-12-22(23(29)27-21(24(30)31)10-15-13-35-14-26-15)28-25(32)34-11-20-18-8-4-2-6-16(18)17-7-3-5-9-19(17)20/h2-9,13-14,20-22H,10-12H2,1H3,(H,27,29)(H,28,32)(H,30,31)/t21?,22-/m0/s1. The average Bonchev–Trinajstić information content (AvgIpc) is 3.48. The number of thiazole rings is 1. The van der Waals surface area contributed by atoms with E-state index in [1.54, 1.807) is 10.9 Å². The average molecular weight is 496 g/mol. The Morgan fingerprint density at radius 2 is 1.69 bits per heavy atom. The zero-order valence-electron chi connectivity index (χ0n) is 19.0. The molecule has 10 heteroatoms. The van der Waals surface area contributed by atoms with E-state index >= 15 is 0 Å². The van der Waals surface area contributed by atoms with Crippen LogP contribution in [0.2, 0.25) is 0 Å². The van der Waals surface area contributed by atoms with Crippen molar-refractivity contribution in [1.29, 1.82) is 0 Å². The highest BCUT2D eigenvalue weighted by Crippen LogP contribution is 2.44. The molecule has 3 aromatic rings. The summed E-state index contributed by atoms with van der Waals surface area (Å²) in [5.74, 6) is -2.02. The molecule has 1 unspecified atom stereocenters. The minimum atomic E-state index is -1.20. The first-order valence-electron chi connectivity index (χ1n) is 11.0. The fraction of sp³-hybridized carbons (Fsp3) is 0.280. The Morgan fingerprint density at radius 3 is 2.26 bits per heavy atom. The second-order valence-corrected chi connectivity index (χ2v) is 8.78. The third kappa shape index (κ3) is 5.67. The smallest absolute Gasteiger partial charge is 0.407 e. The van der Waals surface area contributed by atoms with Crippen molar-refractivity contribution < 1.29 is 29.0 Å². The molecule has 1 aromatic heterocycles. The lowest BCUT2D eigenvalue weighted by molar-refractivity contribution is -0.142.